The Hall–Kier alpha value is -3.69. The number of aliphatic hydroxyl groups is 1. The molecule has 1 aliphatic rings. The van der Waals surface area contributed by atoms with Crippen LogP contribution in [-0.2, 0) is 9.59 Å². The maximum Gasteiger partial charge on any atom is 0.301 e. The van der Waals surface area contributed by atoms with Crippen molar-refractivity contribution in [1.29, 1.82) is 0 Å². The minimum atomic E-state index is -1.03. The zero-order valence-corrected chi connectivity index (χ0v) is 23.0. The Morgan fingerprint density at radius 1 is 1.11 bits per heavy atom. The van der Waals surface area contributed by atoms with Crippen LogP contribution in [0.3, 0.4) is 0 Å². The van der Waals surface area contributed by atoms with Crippen molar-refractivity contribution in [3.63, 3.8) is 0 Å². The van der Waals surface area contributed by atoms with Gasteiger partial charge in [0.15, 0.2) is 22.4 Å². The normalized spacial score (nSPS) is 16.7. The molecule has 38 heavy (non-hydrogen) atoms. The van der Waals surface area contributed by atoms with Gasteiger partial charge in [0.25, 0.3) is 5.78 Å². The van der Waals surface area contributed by atoms with E-state index in [1.807, 2.05) is 13.8 Å². The molecule has 10 heteroatoms. The van der Waals surface area contributed by atoms with Gasteiger partial charge in [0, 0.05) is 17.5 Å². The van der Waals surface area contributed by atoms with Crippen LogP contribution in [0.25, 0.3) is 5.76 Å². The zero-order valence-electron chi connectivity index (χ0n) is 21.4. The molecule has 4 rings (SSSR count). The number of benzene rings is 2. The fraction of sp³-hybridized carbons (Fsp3) is 0.286. The molecule has 1 aromatic heterocycles. The number of amides is 1. The lowest BCUT2D eigenvalue weighted by molar-refractivity contribution is -0.132. The number of halogens is 1. The first-order valence-corrected chi connectivity index (χ1v) is 13.3. The summed E-state index contributed by atoms with van der Waals surface area (Å²) in [5.74, 6) is -1.32. The summed E-state index contributed by atoms with van der Waals surface area (Å²) in [5.41, 5.74) is 1.17. The minimum absolute atomic E-state index is 0.112. The average Bonchev–Trinajstić information content (AvgIpc) is 3.40. The van der Waals surface area contributed by atoms with Crippen LogP contribution in [0, 0.1) is 6.92 Å². The Balaban J connectivity index is 1.94. The standard InChI is InChI=1S/C28H27ClN2O6S/c1-5-13-37-20-12-9-18(14-21(20)36-6-2)23-22(24(33)17-7-10-19(29)11-8-17)25(34)27(35)31(23)28-30-15(3)26(38-28)16(4)32/h7-12,14,23,33H,5-6,13H2,1-4H3. The Morgan fingerprint density at radius 3 is 2.42 bits per heavy atom. The number of Topliss-reactive ketones (excluding diaryl/α,β-unsaturated/α-hetero) is 2. The van der Waals surface area contributed by atoms with Crippen molar-refractivity contribution >= 4 is 51.3 Å². The van der Waals surface area contributed by atoms with E-state index in [-0.39, 0.29) is 22.2 Å². The lowest BCUT2D eigenvalue weighted by atomic mass is 9.95. The predicted molar refractivity (Wildman–Crippen MR) is 146 cm³/mol. The van der Waals surface area contributed by atoms with Gasteiger partial charge in [-0.15, -0.1) is 0 Å². The van der Waals surface area contributed by atoms with E-state index in [1.165, 1.54) is 11.8 Å². The van der Waals surface area contributed by atoms with Crippen molar-refractivity contribution in [1.82, 2.24) is 4.98 Å². The molecule has 2 aromatic carbocycles. The van der Waals surface area contributed by atoms with Crippen molar-refractivity contribution in [2.75, 3.05) is 18.1 Å². The van der Waals surface area contributed by atoms with Gasteiger partial charge in [-0.2, -0.15) is 0 Å². The lowest BCUT2D eigenvalue weighted by Gasteiger charge is -2.24. The first-order chi connectivity index (χ1) is 18.2. The van der Waals surface area contributed by atoms with Gasteiger partial charge in [-0.25, -0.2) is 4.98 Å². The molecule has 8 nitrogen and oxygen atoms in total. The summed E-state index contributed by atoms with van der Waals surface area (Å²) in [6, 6.07) is 10.4. The van der Waals surface area contributed by atoms with Gasteiger partial charge in [0.05, 0.1) is 35.4 Å². The summed E-state index contributed by atoms with van der Waals surface area (Å²) in [6.07, 6.45) is 0.802. The molecule has 1 amide bonds. The molecule has 0 saturated carbocycles. The Kier molecular flexibility index (Phi) is 8.18. The third-order valence-corrected chi connectivity index (χ3v) is 7.43. The third-order valence-electron chi connectivity index (χ3n) is 5.92. The van der Waals surface area contributed by atoms with Crippen LogP contribution in [0.1, 0.15) is 59.7 Å². The van der Waals surface area contributed by atoms with Gasteiger partial charge in [0.1, 0.15) is 5.76 Å². The van der Waals surface area contributed by atoms with Crippen molar-refractivity contribution < 1.29 is 29.0 Å². The molecule has 1 fully saturated rings. The van der Waals surface area contributed by atoms with Crippen molar-refractivity contribution in [3.8, 4) is 11.5 Å². The summed E-state index contributed by atoms with van der Waals surface area (Å²) in [4.78, 5) is 45.0. The largest absolute Gasteiger partial charge is 0.507 e. The van der Waals surface area contributed by atoms with Gasteiger partial charge in [-0.05, 0) is 62.2 Å². The van der Waals surface area contributed by atoms with Crippen LogP contribution in [0.2, 0.25) is 5.02 Å². The topological polar surface area (TPSA) is 106 Å². The monoisotopic (exact) mass is 554 g/mol. The second-order valence-corrected chi connectivity index (χ2v) is 10.0. The summed E-state index contributed by atoms with van der Waals surface area (Å²) >= 11 is 7.03. The number of thiazole rings is 1. The molecule has 1 unspecified atom stereocenters. The Morgan fingerprint density at radius 2 is 1.82 bits per heavy atom. The number of hydrogen-bond acceptors (Lipinski definition) is 8. The van der Waals surface area contributed by atoms with Gasteiger partial charge in [-0.3, -0.25) is 19.3 Å². The third kappa shape index (κ3) is 5.16. The van der Waals surface area contributed by atoms with E-state index in [2.05, 4.69) is 4.98 Å². The van der Waals surface area contributed by atoms with E-state index in [4.69, 9.17) is 21.1 Å². The van der Waals surface area contributed by atoms with Gasteiger partial charge in [-0.1, -0.05) is 35.9 Å². The zero-order chi connectivity index (χ0) is 27.6. The SMILES string of the molecule is CCCOc1ccc(C2C(=C(O)c3ccc(Cl)cc3)C(=O)C(=O)N2c2nc(C)c(C(C)=O)s2)cc1OCC. The van der Waals surface area contributed by atoms with Crippen LogP contribution in [0.15, 0.2) is 48.0 Å². The van der Waals surface area contributed by atoms with Crippen LogP contribution >= 0.6 is 22.9 Å². The van der Waals surface area contributed by atoms with Crippen LogP contribution in [0.4, 0.5) is 5.13 Å². The highest BCUT2D eigenvalue weighted by Crippen LogP contribution is 2.45. The molecular formula is C28H27ClN2O6S. The highest BCUT2D eigenvalue weighted by molar-refractivity contribution is 7.18. The van der Waals surface area contributed by atoms with E-state index in [0.29, 0.717) is 51.4 Å². The maximum atomic E-state index is 13.4. The van der Waals surface area contributed by atoms with Gasteiger partial charge in [0.2, 0.25) is 0 Å². The summed E-state index contributed by atoms with van der Waals surface area (Å²) in [5, 5.41) is 11.9. The number of aryl methyl sites for hydroxylation is 1. The lowest BCUT2D eigenvalue weighted by Crippen LogP contribution is -2.29. The minimum Gasteiger partial charge on any atom is -0.507 e. The smallest absolute Gasteiger partial charge is 0.301 e. The number of hydrogen-bond donors (Lipinski definition) is 1. The second kappa shape index (κ2) is 11.4. The van der Waals surface area contributed by atoms with Crippen molar-refractivity contribution in [3.05, 3.63) is 74.8 Å². The molecule has 0 aliphatic carbocycles. The van der Waals surface area contributed by atoms with E-state index in [9.17, 15) is 19.5 Å². The quantitative estimate of drug-likeness (QED) is 0.147. The van der Waals surface area contributed by atoms with Gasteiger partial charge >= 0.3 is 5.91 Å². The van der Waals surface area contributed by atoms with Gasteiger partial charge < -0.3 is 14.6 Å². The molecule has 0 bridgehead atoms. The molecule has 3 aromatic rings. The summed E-state index contributed by atoms with van der Waals surface area (Å²) in [7, 11) is 0. The molecule has 2 heterocycles. The van der Waals surface area contributed by atoms with Crippen LogP contribution in [0.5, 0.6) is 11.5 Å². The number of carbonyl (C=O) groups is 3. The predicted octanol–water partition coefficient (Wildman–Crippen LogP) is 6.12. The number of aliphatic hydroxyl groups excluding tert-OH is 1. The number of anilines is 1. The van der Waals surface area contributed by atoms with E-state index < -0.39 is 17.7 Å². The fourth-order valence-corrected chi connectivity index (χ4v) is 5.33. The number of rotatable bonds is 9. The Labute approximate surface area is 229 Å². The fourth-order valence-electron chi connectivity index (χ4n) is 4.21. The summed E-state index contributed by atoms with van der Waals surface area (Å²) in [6.45, 7) is 7.77. The number of ketones is 2. The first-order valence-electron chi connectivity index (χ1n) is 12.1. The molecule has 0 spiro atoms. The van der Waals surface area contributed by atoms with Crippen molar-refractivity contribution in [2.24, 2.45) is 0 Å². The number of aromatic nitrogens is 1. The second-order valence-electron chi connectivity index (χ2n) is 8.63. The van der Waals surface area contributed by atoms with Crippen molar-refractivity contribution in [2.45, 2.75) is 40.2 Å². The van der Waals surface area contributed by atoms with E-state index in [1.54, 1.807) is 49.4 Å². The first kappa shape index (κ1) is 27.3. The van der Waals surface area contributed by atoms with Crippen LogP contribution < -0.4 is 14.4 Å². The number of ether oxygens (including phenoxy) is 2. The molecule has 1 N–H and O–H groups in total. The highest BCUT2D eigenvalue weighted by atomic mass is 35.5. The molecule has 1 atom stereocenters. The molecular weight excluding hydrogens is 528 g/mol. The maximum absolute atomic E-state index is 13.4. The van der Waals surface area contributed by atoms with E-state index in [0.717, 1.165) is 17.8 Å². The average molecular weight is 555 g/mol. The number of nitrogens with zero attached hydrogens (tertiary/aromatic N) is 2. The number of carbonyl (C=O) groups excluding carboxylic acids is 3. The van der Waals surface area contributed by atoms with Crippen LogP contribution in [-0.4, -0.2) is 40.8 Å². The molecule has 1 saturated heterocycles. The molecule has 1 aliphatic heterocycles. The Bertz CT molecular complexity index is 1430. The molecule has 0 radical (unpaired) electrons. The summed E-state index contributed by atoms with van der Waals surface area (Å²) < 4.78 is 11.6. The highest BCUT2D eigenvalue weighted by Gasteiger charge is 2.48. The van der Waals surface area contributed by atoms with E-state index >= 15 is 0 Å². The molecule has 198 valence electrons.